The van der Waals surface area contributed by atoms with Gasteiger partial charge in [-0.2, -0.15) is 0 Å². The van der Waals surface area contributed by atoms with E-state index in [-0.39, 0.29) is 0 Å². The summed E-state index contributed by atoms with van der Waals surface area (Å²) in [4.78, 5) is 0. The lowest BCUT2D eigenvalue weighted by Gasteiger charge is -2.13. The summed E-state index contributed by atoms with van der Waals surface area (Å²) in [6.45, 7) is 11.9. The maximum atomic E-state index is 5.72. The highest BCUT2D eigenvalue weighted by molar-refractivity contribution is 5.26. The number of rotatable bonds is 7. The fourth-order valence-electron chi connectivity index (χ4n) is 1.39. The summed E-state index contributed by atoms with van der Waals surface area (Å²) in [6.07, 6.45) is 7.21. The molecule has 1 rings (SSSR count). The van der Waals surface area contributed by atoms with Crippen LogP contribution in [0.25, 0.3) is 0 Å². The van der Waals surface area contributed by atoms with Crippen molar-refractivity contribution >= 4 is 0 Å². The minimum atomic E-state index is 0.292. The van der Waals surface area contributed by atoms with Crippen LogP contribution in [0, 0.1) is 5.92 Å². The van der Waals surface area contributed by atoms with Crippen LogP contribution < -0.4 is 0 Å². The van der Waals surface area contributed by atoms with E-state index in [2.05, 4.69) is 20.4 Å². The lowest BCUT2D eigenvalue weighted by Crippen LogP contribution is -2.04. The summed E-state index contributed by atoms with van der Waals surface area (Å²) in [7, 11) is 0. The molecule has 1 unspecified atom stereocenters. The van der Waals surface area contributed by atoms with E-state index in [0.29, 0.717) is 18.6 Å². The van der Waals surface area contributed by atoms with Crippen LogP contribution >= 0.6 is 0 Å². The van der Waals surface area contributed by atoms with Gasteiger partial charge in [0, 0.05) is 0 Å². The Bertz CT molecular complexity index is 283. The van der Waals surface area contributed by atoms with Gasteiger partial charge in [-0.05, 0) is 30.9 Å². The van der Waals surface area contributed by atoms with Gasteiger partial charge in [-0.1, -0.05) is 32.6 Å². The van der Waals surface area contributed by atoms with Gasteiger partial charge >= 0.3 is 0 Å². The second-order valence-electron chi connectivity index (χ2n) is 4.52. The maximum Gasteiger partial charge on any atom is 0.122 e. The summed E-state index contributed by atoms with van der Waals surface area (Å²) < 4.78 is 10.8. The molecule has 1 fully saturated rings. The topological polar surface area (TPSA) is 21.8 Å². The summed E-state index contributed by atoms with van der Waals surface area (Å²) in [5.41, 5.74) is 1.06. The first-order valence-electron chi connectivity index (χ1n) is 5.89. The lowest BCUT2D eigenvalue weighted by molar-refractivity contribution is 0.187. The molecule has 0 aromatic heterocycles. The zero-order valence-electron chi connectivity index (χ0n) is 10.5. The van der Waals surface area contributed by atoms with Crippen molar-refractivity contribution in [3.8, 4) is 0 Å². The average Bonchev–Trinajstić information content (AvgIpc) is 3.00. The fourth-order valence-corrected chi connectivity index (χ4v) is 1.39. The van der Waals surface area contributed by atoms with Gasteiger partial charge < -0.3 is 9.47 Å². The maximum absolute atomic E-state index is 5.72. The van der Waals surface area contributed by atoms with Crippen molar-refractivity contribution in [1.82, 2.24) is 0 Å². The van der Waals surface area contributed by atoms with Crippen molar-refractivity contribution in [1.29, 1.82) is 0 Å². The highest BCUT2D eigenvalue weighted by Gasteiger charge is 2.23. The molecule has 0 aromatic rings. The molecule has 2 heteroatoms. The molecule has 1 heterocycles. The number of hydrogen-bond donors (Lipinski definition) is 0. The molecule has 1 aliphatic rings. The quantitative estimate of drug-likeness (QED) is 0.374. The number of ether oxygens (including phenoxy) is 2. The standard InChI is InChI=1S/C14H22O2/c1-5-6-7-14(12(4)8-11(2)3)16-10-13-9-15-13/h5-7,11,13H,4,8-10H2,1-3H3/b6-5-,14-7+. The van der Waals surface area contributed by atoms with E-state index >= 15 is 0 Å². The zero-order chi connectivity index (χ0) is 12.0. The third-order valence-electron chi connectivity index (χ3n) is 2.27. The normalized spacial score (nSPS) is 20.5. The first-order valence-corrected chi connectivity index (χ1v) is 5.89. The van der Waals surface area contributed by atoms with Gasteiger partial charge in [-0.15, -0.1) is 0 Å². The second kappa shape index (κ2) is 6.54. The average molecular weight is 222 g/mol. The Labute approximate surface area is 98.6 Å². The van der Waals surface area contributed by atoms with Crippen LogP contribution in [0.3, 0.4) is 0 Å². The van der Waals surface area contributed by atoms with Gasteiger partial charge in [0.2, 0.25) is 0 Å². The molecule has 1 saturated heterocycles. The fraction of sp³-hybridized carbons (Fsp3) is 0.571. The van der Waals surface area contributed by atoms with Crippen molar-refractivity contribution in [3.63, 3.8) is 0 Å². The molecular weight excluding hydrogens is 200 g/mol. The van der Waals surface area contributed by atoms with E-state index < -0.39 is 0 Å². The number of epoxide rings is 1. The van der Waals surface area contributed by atoms with Crippen LogP contribution in [0.1, 0.15) is 27.2 Å². The van der Waals surface area contributed by atoms with E-state index in [4.69, 9.17) is 9.47 Å². The van der Waals surface area contributed by atoms with Gasteiger partial charge in [0.25, 0.3) is 0 Å². The third kappa shape index (κ3) is 5.17. The molecule has 1 aliphatic heterocycles. The molecule has 90 valence electrons. The minimum Gasteiger partial charge on any atom is -0.491 e. The van der Waals surface area contributed by atoms with E-state index in [1.807, 2.05) is 25.2 Å². The second-order valence-corrected chi connectivity index (χ2v) is 4.52. The highest BCUT2D eigenvalue weighted by Crippen LogP contribution is 2.20. The van der Waals surface area contributed by atoms with Gasteiger partial charge in [-0.25, -0.2) is 0 Å². The van der Waals surface area contributed by atoms with Crippen LogP contribution in [-0.2, 0) is 9.47 Å². The van der Waals surface area contributed by atoms with Gasteiger partial charge in [0.15, 0.2) is 0 Å². The summed E-state index contributed by atoms with van der Waals surface area (Å²) in [6, 6.07) is 0. The lowest BCUT2D eigenvalue weighted by atomic mass is 10.0. The molecular formula is C14H22O2. The van der Waals surface area contributed by atoms with Crippen molar-refractivity contribution in [2.24, 2.45) is 5.92 Å². The van der Waals surface area contributed by atoms with Crippen LogP contribution in [0.2, 0.25) is 0 Å². The van der Waals surface area contributed by atoms with Crippen molar-refractivity contribution in [2.75, 3.05) is 13.2 Å². The number of allylic oxidation sites excluding steroid dienone is 4. The summed E-state index contributed by atoms with van der Waals surface area (Å²) in [5.74, 6) is 1.49. The SMILES string of the molecule is C=C(CC(C)C)/C(=C\C=C/C)OCC1CO1. The van der Waals surface area contributed by atoms with Gasteiger partial charge in [0.1, 0.15) is 18.5 Å². The molecule has 1 atom stereocenters. The highest BCUT2D eigenvalue weighted by atomic mass is 16.6. The third-order valence-corrected chi connectivity index (χ3v) is 2.27. The molecule has 0 radical (unpaired) electrons. The Morgan fingerprint density at radius 2 is 2.25 bits per heavy atom. The molecule has 0 aliphatic carbocycles. The largest absolute Gasteiger partial charge is 0.491 e. The molecule has 0 N–H and O–H groups in total. The van der Waals surface area contributed by atoms with Gasteiger partial charge in [-0.3, -0.25) is 0 Å². The predicted molar refractivity (Wildman–Crippen MR) is 67.2 cm³/mol. The van der Waals surface area contributed by atoms with Crippen molar-refractivity contribution < 1.29 is 9.47 Å². The Morgan fingerprint density at radius 1 is 1.56 bits per heavy atom. The monoisotopic (exact) mass is 222 g/mol. The first kappa shape index (κ1) is 13.0. The molecule has 2 nitrogen and oxygen atoms in total. The molecule has 0 spiro atoms. The van der Waals surface area contributed by atoms with E-state index in [0.717, 1.165) is 24.4 Å². The van der Waals surface area contributed by atoms with E-state index in [1.165, 1.54) is 0 Å². The van der Waals surface area contributed by atoms with Crippen LogP contribution in [0.5, 0.6) is 0 Å². The smallest absolute Gasteiger partial charge is 0.122 e. The molecule has 0 amide bonds. The molecule has 0 bridgehead atoms. The van der Waals surface area contributed by atoms with Crippen molar-refractivity contribution in [3.05, 3.63) is 36.1 Å². The molecule has 0 aromatic carbocycles. The Morgan fingerprint density at radius 3 is 2.75 bits per heavy atom. The summed E-state index contributed by atoms with van der Waals surface area (Å²) in [5, 5.41) is 0. The first-order chi connectivity index (χ1) is 7.63. The Hall–Kier alpha value is -1.02. The number of hydrogen-bond acceptors (Lipinski definition) is 2. The molecule has 16 heavy (non-hydrogen) atoms. The Balaban J connectivity index is 2.50. The van der Waals surface area contributed by atoms with Crippen LogP contribution in [0.15, 0.2) is 36.1 Å². The van der Waals surface area contributed by atoms with E-state index in [9.17, 15) is 0 Å². The minimum absolute atomic E-state index is 0.292. The zero-order valence-corrected chi connectivity index (χ0v) is 10.5. The van der Waals surface area contributed by atoms with Crippen LogP contribution in [0.4, 0.5) is 0 Å². The predicted octanol–water partition coefficient (Wildman–Crippen LogP) is 3.46. The van der Waals surface area contributed by atoms with Crippen molar-refractivity contribution in [2.45, 2.75) is 33.3 Å². The Kier molecular flexibility index (Phi) is 5.33. The van der Waals surface area contributed by atoms with Crippen LogP contribution in [-0.4, -0.2) is 19.3 Å². The molecule has 0 saturated carbocycles. The van der Waals surface area contributed by atoms with E-state index in [1.54, 1.807) is 0 Å². The summed E-state index contributed by atoms with van der Waals surface area (Å²) >= 11 is 0. The van der Waals surface area contributed by atoms with Gasteiger partial charge in [0.05, 0.1) is 6.61 Å².